The molecule has 0 atom stereocenters. The molecule has 1 rings (SSSR count). The molecule has 98 valence electrons. The molecule has 2 heteroatoms. The number of phenols is 2. The average molecular weight is 246 g/mol. The zero-order valence-corrected chi connectivity index (χ0v) is 11.4. The first-order valence-electron chi connectivity index (χ1n) is 6.29. The molecule has 0 bridgehead atoms. The molecule has 0 aliphatic rings. The predicted molar refractivity (Wildman–Crippen MR) is 75.9 cm³/mol. The molecular formula is C16H22O2. The Morgan fingerprint density at radius 1 is 1.11 bits per heavy atom. The van der Waals surface area contributed by atoms with E-state index in [4.69, 9.17) is 0 Å². The van der Waals surface area contributed by atoms with Gasteiger partial charge < -0.3 is 10.2 Å². The van der Waals surface area contributed by atoms with Crippen LogP contribution in [-0.2, 0) is 6.42 Å². The van der Waals surface area contributed by atoms with Crippen LogP contribution in [0.4, 0.5) is 0 Å². The standard InChI is InChI=1S/C16H22O2/c1-12(2)5-4-6-13(3)7-8-14-11-15(17)9-10-16(14)18/h5,7,9-11,17-18H,4,6,8H2,1-3H3. The molecule has 0 unspecified atom stereocenters. The summed E-state index contributed by atoms with van der Waals surface area (Å²) in [5, 5.41) is 19.0. The quantitative estimate of drug-likeness (QED) is 0.599. The first-order valence-corrected chi connectivity index (χ1v) is 6.29. The Labute approximate surface area is 109 Å². The molecule has 0 saturated carbocycles. The molecule has 0 aromatic heterocycles. The summed E-state index contributed by atoms with van der Waals surface area (Å²) >= 11 is 0. The third-order valence-electron chi connectivity index (χ3n) is 2.82. The van der Waals surface area contributed by atoms with Gasteiger partial charge in [-0.15, -0.1) is 0 Å². The highest BCUT2D eigenvalue weighted by Gasteiger charge is 2.00. The molecule has 0 fully saturated rings. The van der Waals surface area contributed by atoms with Gasteiger partial charge in [-0.2, -0.15) is 0 Å². The van der Waals surface area contributed by atoms with Gasteiger partial charge in [0.2, 0.25) is 0 Å². The molecule has 1 aromatic rings. The normalized spacial score (nSPS) is 11.4. The minimum atomic E-state index is 0.193. The Hall–Kier alpha value is -1.70. The van der Waals surface area contributed by atoms with Crippen molar-refractivity contribution in [2.75, 3.05) is 0 Å². The van der Waals surface area contributed by atoms with Crippen molar-refractivity contribution < 1.29 is 10.2 Å². The van der Waals surface area contributed by atoms with Crippen LogP contribution >= 0.6 is 0 Å². The van der Waals surface area contributed by atoms with E-state index in [2.05, 4.69) is 32.9 Å². The van der Waals surface area contributed by atoms with Crippen LogP contribution in [-0.4, -0.2) is 10.2 Å². The van der Waals surface area contributed by atoms with E-state index in [1.54, 1.807) is 6.07 Å². The van der Waals surface area contributed by atoms with Gasteiger partial charge in [-0.1, -0.05) is 23.3 Å². The van der Waals surface area contributed by atoms with Crippen LogP contribution in [0.2, 0.25) is 0 Å². The summed E-state index contributed by atoms with van der Waals surface area (Å²) in [4.78, 5) is 0. The summed E-state index contributed by atoms with van der Waals surface area (Å²) in [6, 6.07) is 4.62. The highest BCUT2D eigenvalue weighted by atomic mass is 16.3. The van der Waals surface area contributed by atoms with Crippen molar-refractivity contribution in [2.24, 2.45) is 0 Å². The molecule has 0 saturated heterocycles. The van der Waals surface area contributed by atoms with Gasteiger partial charge in [0.1, 0.15) is 11.5 Å². The van der Waals surface area contributed by atoms with E-state index < -0.39 is 0 Å². The van der Waals surface area contributed by atoms with E-state index in [1.807, 2.05) is 0 Å². The number of rotatable bonds is 5. The van der Waals surface area contributed by atoms with Crippen LogP contribution in [0.1, 0.15) is 39.2 Å². The lowest BCUT2D eigenvalue weighted by atomic mass is 10.1. The van der Waals surface area contributed by atoms with Crippen molar-refractivity contribution in [1.82, 2.24) is 0 Å². The molecule has 1 aromatic carbocycles. The Bertz CT molecular complexity index is 452. The van der Waals surface area contributed by atoms with Crippen LogP contribution in [0, 0.1) is 0 Å². The summed E-state index contributed by atoms with van der Waals surface area (Å²) in [6.07, 6.45) is 7.07. The number of aromatic hydroxyl groups is 2. The third kappa shape index (κ3) is 5.09. The summed E-state index contributed by atoms with van der Waals surface area (Å²) in [7, 11) is 0. The van der Waals surface area contributed by atoms with E-state index in [-0.39, 0.29) is 11.5 Å². The molecule has 0 spiro atoms. The number of phenolic OH excluding ortho intramolecular Hbond substituents is 2. The lowest BCUT2D eigenvalue weighted by molar-refractivity contribution is 0.455. The van der Waals surface area contributed by atoms with Crippen molar-refractivity contribution in [3.63, 3.8) is 0 Å². The van der Waals surface area contributed by atoms with Gasteiger partial charge in [-0.25, -0.2) is 0 Å². The van der Waals surface area contributed by atoms with E-state index in [1.165, 1.54) is 23.3 Å². The van der Waals surface area contributed by atoms with Gasteiger partial charge in [0.05, 0.1) is 0 Å². The Morgan fingerprint density at radius 3 is 2.50 bits per heavy atom. The maximum absolute atomic E-state index is 9.65. The van der Waals surface area contributed by atoms with E-state index >= 15 is 0 Å². The van der Waals surface area contributed by atoms with Gasteiger partial charge in [0.25, 0.3) is 0 Å². The highest BCUT2D eigenvalue weighted by molar-refractivity contribution is 5.39. The molecule has 0 aliphatic heterocycles. The van der Waals surface area contributed by atoms with Crippen LogP contribution in [0.15, 0.2) is 41.5 Å². The van der Waals surface area contributed by atoms with Crippen molar-refractivity contribution in [3.8, 4) is 11.5 Å². The summed E-state index contributed by atoms with van der Waals surface area (Å²) in [6.45, 7) is 6.30. The number of allylic oxidation sites excluding steroid dienone is 4. The summed E-state index contributed by atoms with van der Waals surface area (Å²) < 4.78 is 0. The molecule has 0 aliphatic carbocycles. The highest BCUT2D eigenvalue weighted by Crippen LogP contribution is 2.23. The Kier molecular flexibility index (Phi) is 5.50. The lowest BCUT2D eigenvalue weighted by Crippen LogP contribution is -1.85. The minimum absolute atomic E-state index is 0.193. The molecule has 0 amide bonds. The maximum atomic E-state index is 9.65. The van der Waals surface area contributed by atoms with Crippen molar-refractivity contribution in [1.29, 1.82) is 0 Å². The SMILES string of the molecule is CC(C)=CCCC(C)=CCc1cc(O)ccc1O. The lowest BCUT2D eigenvalue weighted by Gasteiger charge is -2.04. The zero-order valence-electron chi connectivity index (χ0n) is 11.4. The van der Waals surface area contributed by atoms with Crippen molar-refractivity contribution in [3.05, 3.63) is 47.1 Å². The smallest absolute Gasteiger partial charge is 0.119 e. The first-order chi connectivity index (χ1) is 8.49. The molecule has 0 heterocycles. The fourth-order valence-corrected chi connectivity index (χ4v) is 1.71. The predicted octanol–water partition coefficient (Wildman–Crippen LogP) is 4.33. The fourth-order valence-electron chi connectivity index (χ4n) is 1.71. The molecule has 18 heavy (non-hydrogen) atoms. The number of hydrogen-bond acceptors (Lipinski definition) is 2. The summed E-state index contributed by atoms with van der Waals surface area (Å²) in [5.41, 5.74) is 3.40. The molecule has 2 nitrogen and oxygen atoms in total. The molecule has 2 N–H and O–H groups in total. The Balaban J connectivity index is 2.57. The fraction of sp³-hybridized carbons (Fsp3) is 0.375. The van der Waals surface area contributed by atoms with E-state index in [9.17, 15) is 10.2 Å². The largest absolute Gasteiger partial charge is 0.508 e. The maximum Gasteiger partial charge on any atom is 0.119 e. The average Bonchev–Trinajstić information content (AvgIpc) is 2.30. The van der Waals surface area contributed by atoms with E-state index in [0.29, 0.717) is 6.42 Å². The summed E-state index contributed by atoms with van der Waals surface area (Å²) in [5.74, 6) is 0.430. The number of hydrogen-bond donors (Lipinski definition) is 2. The second-order valence-corrected chi connectivity index (χ2v) is 4.89. The van der Waals surface area contributed by atoms with Gasteiger partial charge in [0, 0.05) is 5.56 Å². The second-order valence-electron chi connectivity index (χ2n) is 4.89. The van der Waals surface area contributed by atoms with E-state index in [0.717, 1.165) is 18.4 Å². The second kappa shape index (κ2) is 6.90. The van der Waals surface area contributed by atoms with Crippen LogP contribution in [0.5, 0.6) is 11.5 Å². The van der Waals surface area contributed by atoms with Gasteiger partial charge in [0.15, 0.2) is 0 Å². The number of benzene rings is 1. The third-order valence-corrected chi connectivity index (χ3v) is 2.82. The van der Waals surface area contributed by atoms with Crippen molar-refractivity contribution >= 4 is 0 Å². The van der Waals surface area contributed by atoms with Gasteiger partial charge in [-0.05, 0) is 58.2 Å². The zero-order chi connectivity index (χ0) is 13.5. The van der Waals surface area contributed by atoms with Crippen LogP contribution in [0.25, 0.3) is 0 Å². The molecular weight excluding hydrogens is 224 g/mol. The van der Waals surface area contributed by atoms with Gasteiger partial charge in [-0.3, -0.25) is 0 Å². The Morgan fingerprint density at radius 2 is 1.83 bits per heavy atom. The monoisotopic (exact) mass is 246 g/mol. The van der Waals surface area contributed by atoms with Crippen molar-refractivity contribution in [2.45, 2.75) is 40.0 Å². The van der Waals surface area contributed by atoms with Crippen LogP contribution < -0.4 is 0 Å². The van der Waals surface area contributed by atoms with Gasteiger partial charge >= 0.3 is 0 Å². The first kappa shape index (κ1) is 14.4. The topological polar surface area (TPSA) is 40.5 Å². The minimum Gasteiger partial charge on any atom is -0.508 e. The molecule has 0 radical (unpaired) electrons. The van der Waals surface area contributed by atoms with Crippen LogP contribution in [0.3, 0.4) is 0 Å².